The van der Waals surface area contributed by atoms with Crippen LogP contribution in [-0.4, -0.2) is 34.2 Å². The Hall–Kier alpha value is -4.06. The summed E-state index contributed by atoms with van der Waals surface area (Å²) in [5.74, 6) is 0.853. The molecule has 5 rings (SSSR count). The molecule has 1 aliphatic rings. The highest BCUT2D eigenvalue weighted by molar-refractivity contribution is 6.01. The molecule has 0 fully saturated rings. The quantitative estimate of drug-likeness (QED) is 0.452. The Labute approximate surface area is 193 Å². The van der Waals surface area contributed by atoms with E-state index in [-0.39, 0.29) is 12.1 Å². The molecule has 1 aliphatic heterocycles. The zero-order valence-corrected chi connectivity index (χ0v) is 18.5. The van der Waals surface area contributed by atoms with Gasteiger partial charge in [-0.25, -0.2) is 0 Å². The number of benzene rings is 3. The molecular weight excluding hydrogens is 412 g/mol. The van der Waals surface area contributed by atoms with Gasteiger partial charge in [0.25, 0.3) is 5.91 Å². The summed E-state index contributed by atoms with van der Waals surface area (Å²) < 4.78 is 7.17. The van der Waals surface area contributed by atoms with Gasteiger partial charge in [-0.1, -0.05) is 54.6 Å². The van der Waals surface area contributed by atoms with Gasteiger partial charge < -0.3 is 15.0 Å². The molecule has 0 saturated carbocycles. The minimum atomic E-state index is -0.282. The number of nitrogens with one attached hydrogen (secondary N) is 1. The zero-order valence-electron chi connectivity index (χ0n) is 18.5. The number of para-hydroxylation sites is 1. The van der Waals surface area contributed by atoms with Gasteiger partial charge in [-0.3, -0.25) is 9.48 Å². The standard InChI is InChI=1S/C27H26N4O2/c1-33-23-13-11-20(12-14-23)15-16-31-26(29-25-10-6-5-9-24(25)27(31)32)22-17-28-30(19-22)18-21-7-3-2-4-8-21/h2-14,17,19,26,29H,15-16,18H2,1H3/t26-/m1/s1. The van der Waals surface area contributed by atoms with Crippen LogP contribution in [0, 0.1) is 0 Å². The van der Waals surface area contributed by atoms with Crippen molar-refractivity contribution in [2.75, 3.05) is 19.0 Å². The van der Waals surface area contributed by atoms with E-state index >= 15 is 0 Å². The summed E-state index contributed by atoms with van der Waals surface area (Å²) in [4.78, 5) is 15.4. The van der Waals surface area contributed by atoms with Gasteiger partial charge in [-0.2, -0.15) is 5.10 Å². The highest BCUT2D eigenvalue weighted by atomic mass is 16.5. The van der Waals surface area contributed by atoms with Crippen LogP contribution in [-0.2, 0) is 13.0 Å². The largest absolute Gasteiger partial charge is 0.497 e. The van der Waals surface area contributed by atoms with E-state index in [0.717, 1.165) is 29.0 Å². The number of aromatic nitrogens is 2. The first kappa shape index (κ1) is 20.8. The van der Waals surface area contributed by atoms with E-state index < -0.39 is 0 Å². The van der Waals surface area contributed by atoms with Crippen LogP contribution < -0.4 is 10.1 Å². The van der Waals surface area contributed by atoms with E-state index in [1.165, 1.54) is 5.56 Å². The lowest BCUT2D eigenvalue weighted by atomic mass is 10.0. The van der Waals surface area contributed by atoms with Crippen molar-refractivity contribution in [2.24, 2.45) is 0 Å². The molecule has 0 spiro atoms. The van der Waals surface area contributed by atoms with Crippen LogP contribution in [0.25, 0.3) is 0 Å². The Kier molecular flexibility index (Phi) is 5.81. The average Bonchev–Trinajstić information content (AvgIpc) is 3.32. The van der Waals surface area contributed by atoms with Crippen LogP contribution >= 0.6 is 0 Å². The molecule has 0 aliphatic carbocycles. The molecule has 2 heterocycles. The van der Waals surface area contributed by atoms with Crippen LogP contribution in [0.2, 0.25) is 0 Å². The molecule has 0 unspecified atom stereocenters. The number of carbonyl (C=O) groups is 1. The lowest BCUT2D eigenvalue weighted by Crippen LogP contribution is -2.43. The number of fused-ring (bicyclic) bond motifs is 1. The van der Waals surface area contributed by atoms with Crippen molar-refractivity contribution >= 4 is 11.6 Å². The van der Waals surface area contributed by atoms with Crippen molar-refractivity contribution in [1.29, 1.82) is 0 Å². The highest BCUT2D eigenvalue weighted by Crippen LogP contribution is 2.33. The van der Waals surface area contributed by atoms with Crippen molar-refractivity contribution in [3.63, 3.8) is 0 Å². The van der Waals surface area contributed by atoms with E-state index in [2.05, 4.69) is 22.5 Å². The fourth-order valence-electron chi connectivity index (χ4n) is 4.21. The molecule has 1 atom stereocenters. The second kappa shape index (κ2) is 9.20. The third kappa shape index (κ3) is 4.46. The minimum Gasteiger partial charge on any atom is -0.497 e. The Morgan fingerprint density at radius 3 is 2.48 bits per heavy atom. The predicted octanol–water partition coefficient (Wildman–Crippen LogP) is 4.75. The van der Waals surface area contributed by atoms with Gasteiger partial charge in [-0.15, -0.1) is 0 Å². The lowest BCUT2D eigenvalue weighted by molar-refractivity contribution is 0.0685. The van der Waals surface area contributed by atoms with Gasteiger partial charge in [0.05, 0.1) is 25.4 Å². The van der Waals surface area contributed by atoms with E-state index in [0.29, 0.717) is 18.7 Å². The zero-order chi connectivity index (χ0) is 22.6. The molecule has 166 valence electrons. The van der Waals surface area contributed by atoms with E-state index in [1.807, 2.05) is 88.7 Å². The maximum Gasteiger partial charge on any atom is 0.257 e. The van der Waals surface area contributed by atoms with E-state index in [9.17, 15) is 4.79 Å². The number of hydrogen-bond acceptors (Lipinski definition) is 4. The van der Waals surface area contributed by atoms with Crippen molar-refractivity contribution in [3.8, 4) is 5.75 Å². The number of anilines is 1. The molecule has 33 heavy (non-hydrogen) atoms. The number of amides is 1. The molecule has 0 bridgehead atoms. The summed E-state index contributed by atoms with van der Waals surface area (Å²) in [5, 5.41) is 8.12. The fraction of sp³-hybridized carbons (Fsp3) is 0.185. The van der Waals surface area contributed by atoms with Gasteiger partial charge in [0, 0.05) is 24.0 Å². The van der Waals surface area contributed by atoms with Crippen molar-refractivity contribution in [3.05, 3.63) is 114 Å². The summed E-state index contributed by atoms with van der Waals surface area (Å²) >= 11 is 0. The molecule has 1 aromatic heterocycles. The Morgan fingerprint density at radius 2 is 1.70 bits per heavy atom. The van der Waals surface area contributed by atoms with Crippen LogP contribution in [0.15, 0.2) is 91.3 Å². The molecule has 6 heteroatoms. The number of rotatable bonds is 7. The monoisotopic (exact) mass is 438 g/mol. The topological polar surface area (TPSA) is 59.4 Å². The summed E-state index contributed by atoms with van der Waals surface area (Å²) in [5.41, 5.74) is 4.84. The van der Waals surface area contributed by atoms with Gasteiger partial charge in [0.2, 0.25) is 0 Å². The molecule has 4 aromatic rings. The molecule has 6 nitrogen and oxygen atoms in total. The maximum atomic E-state index is 13.5. The number of hydrogen-bond donors (Lipinski definition) is 1. The number of nitrogens with zero attached hydrogens (tertiary/aromatic N) is 3. The number of methoxy groups -OCH3 is 1. The van der Waals surface area contributed by atoms with Crippen molar-refractivity contribution in [2.45, 2.75) is 19.1 Å². The summed E-state index contributed by atoms with van der Waals surface area (Å²) in [6.45, 7) is 1.27. The Bertz CT molecular complexity index is 1230. The third-order valence-electron chi connectivity index (χ3n) is 5.98. The molecule has 1 N–H and O–H groups in total. The Balaban J connectivity index is 1.40. The first-order chi connectivity index (χ1) is 16.2. The second-order valence-electron chi connectivity index (χ2n) is 8.15. The molecule has 1 amide bonds. The summed E-state index contributed by atoms with van der Waals surface area (Å²) in [7, 11) is 1.66. The first-order valence-corrected chi connectivity index (χ1v) is 11.1. The first-order valence-electron chi connectivity index (χ1n) is 11.1. The van der Waals surface area contributed by atoms with Gasteiger partial charge in [0.1, 0.15) is 11.9 Å². The number of carbonyl (C=O) groups excluding carboxylic acids is 1. The maximum absolute atomic E-state index is 13.5. The van der Waals surface area contributed by atoms with Crippen LogP contribution in [0.1, 0.15) is 33.2 Å². The van der Waals surface area contributed by atoms with E-state index in [1.54, 1.807) is 7.11 Å². The molecule has 3 aromatic carbocycles. The minimum absolute atomic E-state index is 0.0265. The van der Waals surface area contributed by atoms with E-state index in [4.69, 9.17) is 4.74 Å². The fourth-order valence-corrected chi connectivity index (χ4v) is 4.21. The lowest BCUT2D eigenvalue weighted by Gasteiger charge is -2.37. The summed E-state index contributed by atoms with van der Waals surface area (Å²) in [6.07, 6.45) is 4.33. The van der Waals surface area contributed by atoms with Gasteiger partial charge >= 0.3 is 0 Å². The normalized spacial score (nSPS) is 15.1. The van der Waals surface area contributed by atoms with Gasteiger partial charge in [-0.05, 0) is 41.8 Å². The predicted molar refractivity (Wildman–Crippen MR) is 128 cm³/mol. The van der Waals surface area contributed by atoms with Crippen LogP contribution in [0.5, 0.6) is 5.75 Å². The second-order valence-corrected chi connectivity index (χ2v) is 8.15. The highest BCUT2D eigenvalue weighted by Gasteiger charge is 2.33. The number of ether oxygens (including phenoxy) is 1. The Morgan fingerprint density at radius 1 is 0.939 bits per heavy atom. The molecule has 0 saturated heterocycles. The molecular formula is C27H26N4O2. The average molecular weight is 439 g/mol. The van der Waals surface area contributed by atoms with Crippen molar-refractivity contribution in [1.82, 2.24) is 14.7 Å². The van der Waals surface area contributed by atoms with Crippen LogP contribution in [0.3, 0.4) is 0 Å². The van der Waals surface area contributed by atoms with Crippen LogP contribution in [0.4, 0.5) is 5.69 Å². The van der Waals surface area contributed by atoms with Crippen molar-refractivity contribution < 1.29 is 9.53 Å². The van der Waals surface area contributed by atoms with Gasteiger partial charge in [0.15, 0.2) is 0 Å². The molecule has 0 radical (unpaired) electrons. The SMILES string of the molecule is COc1ccc(CCN2C(=O)c3ccccc3N[C@H]2c2cnn(Cc3ccccc3)c2)cc1. The third-order valence-corrected chi connectivity index (χ3v) is 5.98. The smallest absolute Gasteiger partial charge is 0.257 e. The summed E-state index contributed by atoms with van der Waals surface area (Å²) in [6, 6.07) is 25.9.